The number of amides is 1. The molecule has 2 aromatic rings. The molecule has 26 heavy (non-hydrogen) atoms. The number of hydrogen-bond acceptors (Lipinski definition) is 5. The van der Waals surface area contributed by atoms with Gasteiger partial charge in [0.15, 0.2) is 11.8 Å². The van der Waals surface area contributed by atoms with Crippen LogP contribution in [0.5, 0.6) is 0 Å². The van der Waals surface area contributed by atoms with Crippen LogP contribution in [0.2, 0.25) is 5.02 Å². The first-order valence-corrected chi connectivity index (χ1v) is 8.07. The van der Waals surface area contributed by atoms with Crippen LogP contribution in [-0.4, -0.2) is 16.1 Å². The highest BCUT2D eigenvalue weighted by Crippen LogP contribution is 2.45. The molecule has 1 aromatic carbocycles. The van der Waals surface area contributed by atoms with Gasteiger partial charge in [-0.1, -0.05) is 17.5 Å². The molecule has 3 rings (SSSR count). The number of allylic oxidation sites excluding steroid dienone is 1. The summed E-state index contributed by atoms with van der Waals surface area (Å²) in [6.07, 6.45) is 1.71. The summed E-state index contributed by atoms with van der Waals surface area (Å²) in [5.74, 6) is 4.00. The number of H-pyrrole nitrogens is 1. The highest BCUT2D eigenvalue weighted by Gasteiger charge is 2.31. The molecule has 1 amide bonds. The van der Waals surface area contributed by atoms with E-state index in [0.717, 1.165) is 12.8 Å². The number of rotatable bonds is 3. The fourth-order valence-corrected chi connectivity index (χ4v) is 2.87. The van der Waals surface area contributed by atoms with E-state index in [0.29, 0.717) is 22.4 Å². The predicted octanol–water partition coefficient (Wildman–Crippen LogP) is 1.73. The number of aromatic nitrogens is 2. The van der Waals surface area contributed by atoms with E-state index in [9.17, 15) is 9.18 Å². The molecule has 7 nitrogen and oxygen atoms in total. The van der Waals surface area contributed by atoms with Crippen molar-refractivity contribution in [2.24, 2.45) is 17.4 Å². The Morgan fingerprint density at radius 3 is 2.54 bits per heavy atom. The maximum Gasteiger partial charge on any atom is 0.255 e. The van der Waals surface area contributed by atoms with Gasteiger partial charge in [0.2, 0.25) is 0 Å². The van der Waals surface area contributed by atoms with Crippen LogP contribution in [0, 0.1) is 17.8 Å². The lowest BCUT2D eigenvalue weighted by Gasteiger charge is -2.11. The van der Waals surface area contributed by atoms with Gasteiger partial charge >= 0.3 is 0 Å². The highest BCUT2D eigenvalue weighted by atomic mass is 35.5. The van der Waals surface area contributed by atoms with Crippen LogP contribution in [0.15, 0.2) is 18.1 Å². The molecule has 0 aliphatic heterocycles. The lowest BCUT2D eigenvalue weighted by Crippen LogP contribution is -2.13. The van der Waals surface area contributed by atoms with Crippen molar-refractivity contribution in [3.8, 4) is 11.8 Å². The van der Waals surface area contributed by atoms with E-state index in [-0.39, 0.29) is 28.0 Å². The molecule has 0 atom stereocenters. The monoisotopic (exact) mass is 374 g/mol. The topological polar surface area (TPSA) is 150 Å². The summed E-state index contributed by atoms with van der Waals surface area (Å²) >= 11 is 6.26. The largest absolute Gasteiger partial charge is 0.398 e. The van der Waals surface area contributed by atoms with Crippen molar-refractivity contribution in [1.29, 1.82) is 0 Å². The van der Waals surface area contributed by atoms with Gasteiger partial charge in [0.05, 0.1) is 5.02 Å². The standard InChI is InChI=1S/C17H16ClFN6O/c18-10-6-9(13(15(19)21)7-1-2-7)11(20)5-8(10)3-4-12-14(17(23)26)16(22)25-24-12/h5-7H,1-2,20-21H2,(H2,23,26)(H3,22,24,25)/b15-13-. The molecule has 1 fully saturated rings. The molecule has 9 heteroatoms. The van der Waals surface area contributed by atoms with E-state index in [2.05, 4.69) is 22.0 Å². The Morgan fingerprint density at radius 2 is 1.96 bits per heavy atom. The van der Waals surface area contributed by atoms with Gasteiger partial charge in [-0.05, 0) is 36.8 Å². The molecule has 0 unspecified atom stereocenters. The molecule has 0 saturated heterocycles. The quantitative estimate of drug-likeness (QED) is 0.315. The molecule has 1 saturated carbocycles. The van der Waals surface area contributed by atoms with E-state index < -0.39 is 11.9 Å². The summed E-state index contributed by atoms with van der Waals surface area (Å²) in [6.45, 7) is 0. The molecule has 1 heterocycles. The minimum absolute atomic E-state index is 0.00219. The van der Waals surface area contributed by atoms with Crippen LogP contribution in [0.1, 0.15) is 40.0 Å². The normalized spacial score (nSPS) is 14.4. The zero-order valence-electron chi connectivity index (χ0n) is 13.6. The number of carbonyl (C=O) groups is 1. The Labute approximate surface area is 153 Å². The molecular weight excluding hydrogens is 359 g/mol. The number of anilines is 2. The second-order valence-corrected chi connectivity index (χ2v) is 6.34. The second kappa shape index (κ2) is 6.61. The molecule has 1 aliphatic rings. The van der Waals surface area contributed by atoms with Crippen LogP contribution in [0.4, 0.5) is 15.9 Å². The van der Waals surface area contributed by atoms with E-state index >= 15 is 0 Å². The number of hydrogen-bond donors (Lipinski definition) is 5. The van der Waals surface area contributed by atoms with E-state index in [1.807, 2.05) is 0 Å². The number of nitrogens with one attached hydrogen (secondary N) is 1. The lowest BCUT2D eigenvalue weighted by atomic mass is 9.98. The van der Waals surface area contributed by atoms with Gasteiger partial charge in [0.1, 0.15) is 11.3 Å². The minimum Gasteiger partial charge on any atom is -0.398 e. The Hall–Kier alpha value is -3.18. The zero-order valence-corrected chi connectivity index (χ0v) is 14.3. The maximum atomic E-state index is 13.7. The number of primary amides is 1. The van der Waals surface area contributed by atoms with Gasteiger partial charge in [0, 0.05) is 22.4 Å². The van der Waals surface area contributed by atoms with Gasteiger partial charge < -0.3 is 22.9 Å². The molecule has 1 aromatic heterocycles. The minimum atomic E-state index is -0.756. The first kappa shape index (κ1) is 17.6. The number of benzene rings is 1. The van der Waals surface area contributed by atoms with Gasteiger partial charge in [-0.3, -0.25) is 9.89 Å². The lowest BCUT2D eigenvalue weighted by molar-refractivity contribution is 0.100. The summed E-state index contributed by atoms with van der Waals surface area (Å²) in [6, 6.07) is 3.07. The summed E-state index contributed by atoms with van der Waals surface area (Å²) in [4.78, 5) is 11.4. The van der Waals surface area contributed by atoms with Crippen molar-refractivity contribution in [3.63, 3.8) is 0 Å². The second-order valence-electron chi connectivity index (χ2n) is 5.93. The van der Waals surface area contributed by atoms with Gasteiger partial charge in [-0.2, -0.15) is 9.49 Å². The molecule has 134 valence electrons. The highest BCUT2D eigenvalue weighted by molar-refractivity contribution is 6.32. The number of nitrogen functional groups attached to an aromatic ring is 2. The van der Waals surface area contributed by atoms with E-state index in [1.165, 1.54) is 12.1 Å². The number of halogens is 2. The van der Waals surface area contributed by atoms with E-state index in [4.69, 9.17) is 34.5 Å². The Kier molecular flexibility index (Phi) is 4.49. The smallest absolute Gasteiger partial charge is 0.255 e. The number of aromatic amines is 1. The summed E-state index contributed by atoms with van der Waals surface area (Å²) in [5.41, 5.74) is 24.0. The molecular formula is C17H16ClFN6O. The zero-order chi connectivity index (χ0) is 19.0. The SMILES string of the molecule is NC(=O)c1c(N)n[nH]c1C#Cc1cc(N)c(/C(=C(\N)F)C2CC2)cc1Cl. The number of nitrogens with two attached hydrogens (primary N) is 4. The molecule has 9 N–H and O–H groups in total. The third-order valence-electron chi connectivity index (χ3n) is 4.04. The van der Waals surface area contributed by atoms with Crippen molar-refractivity contribution in [3.05, 3.63) is 45.5 Å². The van der Waals surface area contributed by atoms with Crippen LogP contribution >= 0.6 is 11.6 Å². The van der Waals surface area contributed by atoms with Crippen molar-refractivity contribution in [2.75, 3.05) is 11.5 Å². The number of nitrogens with zero attached hydrogens (tertiary/aromatic N) is 1. The van der Waals surface area contributed by atoms with E-state index in [1.54, 1.807) is 0 Å². The van der Waals surface area contributed by atoms with Gasteiger partial charge in [0.25, 0.3) is 5.91 Å². The van der Waals surface area contributed by atoms with Crippen molar-refractivity contribution in [2.45, 2.75) is 12.8 Å². The van der Waals surface area contributed by atoms with Crippen molar-refractivity contribution < 1.29 is 9.18 Å². The Balaban J connectivity index is 2.01. The Bertz CT molecular complexity index is 993. The molecule has 0 radical (unpaired) electrons. The third kappa shape index (κ3) is 3.30. The van der Waals surface area contributed by atoms with Crippen LogP contribution in [0.3, 0.4) is 0 Å². The van der Waals surface area contributed by atoms with Crippen molar-refractivity contribution >= 4 is 34.6 Å². The average Bonchev–Trinajstić information content (AvgIpc) is 3.30. The van der Waals surface area contributed by atoms with Gasteiger partial charge in [-0.15, -0.1) is 0 Å². The predicted molar refractivity (Wildman–Crippen MR) is 98.3 cm³/mol. The molecule has 0 spiro atoms. The maximum absolute atomic E-state index is 13.7. The van der Waals surface area contributed by atoms with Crippen LogP contribution < -0.4 is 22.9 Å². The first-order chi connectivity index (χ1) is 12.3. The first-order valence-electron chi connectivity index (χ1n) is 7.69. The summed E-state index contributed by atoms with van der Waals surface area (Å²) in [7, 11) is 0. The van der Waals surface area contributed by atoms with Gasteiger partial charge in [-0.25, -0.2) is 0 Å². The molecule has 0 bridgehead atoms. The van der Waals surface area contributed by atoms with Crippen LogP contribution in [0.25, 0.3) is 5.57 Å². The fourth-order valence-electron chi connectivity index (χ4n) is 2.66. The van der Waals surface area contributed by atoms with Crippen molar-refractivity contribution in [1.82, 2.24) is 10.2 Å². The molecule has 1 aliphatic carbocycles. The summed E-state index contributed by atoms with van der Waals surface area (Å²) in [5, 5.41) is 6.51. The summed E-state index contributed by atoms with van der Waals surface area (Å²) < 4.78 is 13.7. The van der Waals surface area contributed by atoms with Crippen LogP contribution in [-0.2, 0) is 0 Å². The number of carbonyl (C=O) groups excluding carboxylic acids is 1. The fraction of sp³-hybridized carbons (Fsp3) is 0.176. The Morgan fingerprint density at radius 1 is 1.27 bits per heavy atom. The average molecular weight is 375 g/mol. The third-order valence-corrected chi connectivity index (χ3v) is 4.35.